The van der Waals surface area contributed by atoms with Gasteiger partial charge in [0.1, 0.15) is 0 Å². The monoisotopic (exact) mass is 286 g/mol. The van der Waals surface area contributed by atoms with Gasteiger partial charge in [0.15, 0.2) is 0 Å². The molecule has 20 heavy (non-hydrogen) atoms. The number of unbranched alkanes of at least 4 members (excludes halogenated alkanes) is 10. The summed E-state index contributed by atoms with van der Waals surface area (Å²) in [7, 11) is 0. The highest BCUT2D eigenvalue weighted by molar-refractivity contribution is 5.66. The van der Waals surface area contributed by atoms with Crippen LogP contribution in [0.5, 0.6) is 0 Å². The molecule has 0 atom stereocenters. The lowest BCUT2D eigenvalue weighted by atomic mass is 10.1. The van der Waals surface area contributed by atoms with E-state index in [0.29, 0.717) is 6.42 Å². The Balaban J connectivity index is 2.95. The maximum Gasteiger partial charge on any atom is 0.303 e. The van der Waals surface area contributed by atoms with E-state index in [1.807, 2.05) is 0 Å². The van der Waals surface area contributed by atoms with Crippen molar-refractivity contribution < 1.29 is 9.90 Å². The fraction of sp³-hybridized carbons (Fsp3) is 0.929. The molecule has 0 spiro atoms. The second-order valence-electron chi connectivity index (χ2n) is 5.18. The first kappa shape index (κ1) is 18.8. The predicted molar refractivity (Wildman–Crippen MR) is 79.3 cm³/mol. The number of carboxylic acid groups (broad SMARTS) is 1. The molecule has 0 aliphatic heterocycles. The van der Waals surface area contributed by atoms with Crippen molar-refractivity contribution in [1.29, 1.82) is 5.53 Å². The molecule has 0 aromatic rings. The van der Waals surface area contributed by atoms with Gasteiger partial charge in [0.25, 0.3) is 0 Å². The van der Waals surface area contributed by atoms with Crippen molar-refractivity contribution in [3.8, 4) is 0 Å². The fourth-order valence-corrected chi connectivity index (χ4v) is 2.18. The minimum absolute atomic E-state index is 0.320. The average Bonchev–Trinajstić information content (AvgIpc) is 2.43. The van der Waals surface area contributed by atoms with Crippen molar-refractivity contribution in [3.05, 3.63) is 0 Å². The van der Waals surface area contributed by atoms with Gasteiger partial charge in [-0.05, 0) is 12.8 Å². The van der Waals surface area contributed by atoms with E-state index >= 15 is 0 Å². The van der Waals surface area contributed by atoms with Crippen molar-refractivity contribution in [1.82, 2.24) is 11.0 Å². The summed E-state index contributed by atoms with van der Waals surface area (Å²) < 4.78 is 0. The van der Waals surface area contributed by atoms with Gasteiger partial charge in [-0.1, -0.05) is 63.0 Å². The molecule has 0 radical (unpaired) electrons. The highest BCUT2D eigenvalue weighted by Gasteiger charge is 1.96. The van der Waals surface area contributed by atoms with Crippen LogP contribution in [0.15, 0.2) is 5.22 Å². The zero-order valence-corrected chi connectivity index (χ0v) is 12.5. The molecule has 6 heteroatoms. The van der Waals surface area contributed by atoms with Crippen LogP contribution in [0.2, 0.25) is 0 Å². The third-order valence-electron chi connectivity index (χ3n) is 3.33. The SMILES string of the molecule is N=NNNCCCCCCCCCCCCCC(=O)O. The Morgan fingerprint density at radius 2 is 1.30 bits per heavy atom. The van der Waals surface area contributed by atoms with Gasteiger partial charge in [0, 0.05) is 13.0 Å². The van der Waals surface area contributed by atoms with Gasteiger partial charge in [-0.15, -0.1) is 0 Å². The van der Waals surface area contributed by atoms with Gasteiger partial charge in [-0.25, -0.2) is 11.0 Å². The maximum absolute atomic E-state index is 10.3. The molecular weight excluding hydrogens is 256 g/mol. The lowest BCUT2D eigenvalue weighted by molar-refractivity contribution is -0.137. The Morgan fingerprint density at radius 3 is 1.75 bits per heavy atom. The zero-order valence-electron chi connectivity index (χ0n) is 12.5. The molecule has 0 bridgehead atoms. The van der Waals surface area contributed by atoms with Crippen LogP contribution in [0.25, 0.3) is 0 Å². The van der Waals surface area contributed by atoms with Crippen LogP contribution in [0.3, 0.4) is 0 Å². The highest BCUT2D eigenvalue weighted by Crippen LogP contribution is 2.11. The molecule has 0 rings (SSSR count). The molecule has 0 aromatic heterocycles. The Morgan fingerprint density at radius 1 is 0.850 bits per heavy atom. The third kappa shape index (κ3) is 16.8. The number of carboxylic acids is 1. The first-order chi connectivity index (χ1) is 9.77. The van der Waals surface area contributed by atoms with Crippen molar-refractivity contribution in [2.24, 2.45) is 5.22 Å². The summed E-state index contributed by atoms with van der Waals surface area (Å²) in [4.78, 5) is 10.3. The summed E-state index contributed by atoms with van der Waals surface area (Å²) in [5, 5.41) is 11.5. The van der Waals surface area contributed by atoms with E-state index in [1.54, 1.807) is 0 Å². The summed E-state index contributed by atoms with van der Waals surface area (Å²) in [5.41, 5.74) is 11.8. The first-order valence-electron chi connectivity index (χ1n) is 7.83. The Hall–Kier alpha value is -1.17. The number of rotatable bonds is 16. The summed E-state index contributed by atoms with van der Waals surface area (Å²) in [5.74, 6) is -0.676. The smallest absolute Gasteiger partial charge is 0.303 e. The maximum atomic E-state index is 10.3. The largest absolute Gasteiger partial charge is 0.481 e. The van der Waals surface area contributed by atoms with E-state index in [0.717, 1.165) is 25.8 Å². The van der Waals surface area contributed by atoms with Crippen molar-refractivity contribution >= 4 is 5.97 Å². The van der Waals surface area contributed by atoms with Crippen LogP contribution >= 0.6 is 0 Å². The number of hydrogen-bond donors (Lipinski definition) is 4. The van der Waals surface area contributed by atoms with Crippen molar-refractivity contribution in [3.63, 3.8) is 0 Å². The van der Waals surface area contributed by atoms with E-state index in [4.69, 9.17) is 10.6 Å². The third-order valence-corrected chi connectivity index (χ3v) is 3.33. The van der Waals surface area contributed by atoms with Gasteiger partial charge in [0.05, 0.1) is 0 Å². The molecule has 4 N–H and O–H groups in total. The normalized spacial score (nSPS) is 10.4. The number of carbonyl (C=O) groups is 1. The van der Waals surface area contributed by atoms with Gasteiger partial charge in [-0.2, -0.15) is 5.53 Å². The first-order valence-corrected chi connectivity index (χ1v) is 7.83. The van der Waals surface area contributed by atoms with Gasteiger partial charge >= 0.3 is 5.97 Å². The number of hydrogen-bond acceptors (Lipinski definition) is 4. The minimum Gasteiger partial charge on any atom is -0.481 e. The Bertz CT molecular complexity index is 237. The van der Waals surface area contributed by atoms with E-state index in [1.165, 1.54) is 51.4 Å². The summed E-state index contributed by atoms with van der Waals surface area (Å²) in [6.07, 6.45) is 13.4. The van der Waals surface area contributed by atoms with E-state index < -0.39 is 5.97 Å². The highest BCUT2D eigenvalue weighted by atomic mass is 16.4. The Labute approximate surface area is 122 Å². The molecule has 0 fully saturated rings. The molecule has 0 heterocycles. The number of aliphatic carboxylic acids is 1. The summed E-state index contributed by atoms with van der Waals surface area (Å²) in [6, 6.07) is 0. The second-order valence-corrected chi connectivity index (χ2v) is 5.18. The molecule has 0 saturated heterocycles. The van der Waals surface area contributed by atoms with E-state index in [-0.39, 0.29) is 0 Å². The summed E-state index contributed by atoms with van der Waals surface area (Å²) >= 11 is 0. The number of hydrazine groups is 1. The predicted octanol–water partition coefficient (Wildman–Crippen LogP) is 3.79. The molecule has 0 unspecified atom stereocenters. The van der Waals surface area contributed by atoms with Gasteiger partial charge in [0.2, 0.25) is 0 Å². The molecule has 0 aliphatic carbocycles. The van der Waals surface area contributed by atoms with Gasteiger partial charge < -0.3 is 5.11 Å². The average molecular weight is 286 g/mol. The molecule has 0 aliphatic rings. The zero-order chi connectivity index (χ0) is 14.9. The van der Waals surface area contributed by atoms with Crippen LogP contribution in [0, 0.1) is 5.53 Å². The van der Waals surface area contributed by atoms with Crippen LogP contribution in [0.4, 0.5) is 0 Å². The number of nitrogens with zero attached hydrogens (tertiary/aromatic N) is 1. The molecule has 6 nitrogen and oxygen atoms in total. The Kier molecular flexibility index (Phi) is 15.0. The van der Waals surface area contributed by atoms with Gasteiger partial charge in [-0.3, -0.25) is 4.79 Å². The quantitative estimate of drug-likeness (QED) is 0.197. The lowest BCUT2D eigenvalue weighted by Gasteiger charge is -2.03. The van der Waals surface area contributed by atoms with Crippen LogP contribution in [-0.4, -0.2) is 17.6 Å². The van der Waals surface area contributed by atoms with Crippen molar-refractivity contribution in [2.75, 3.05) is 6.54 Å². The fourth-order valence-electron chi connectivity index (χ4n) is 2.18. The minimum atomic E-state index is -0.676. The molecule has 0 saturated carbocycles. The van der Waals surface area contributed by atoms with Crippen molar-refractivity contribution in [2.45, 2.75) is 77.0 Å². The van der Waals surface area contributed by atoms with Crippen LogP contribution < -0.4 is 11.0 Å². The molecule has 118 valence electrons. The topological polar surface area (TPSA) is 97.6 Å². The van der Waals surface area contributed by atoms with E-state index in [2.05, 4.69) is 16.2 Å². The molecule has 0 aromatic carbocycles. The van der Waals surface area contributed by atoms with E-state index in [9.17, 15) is 4.79 Å². The standard InChI is InChI=1S/C14H30N4O2/c15-17-18-16-13-11-9-7-5-3-1-2-4-6-8-10-12-14(19)20/h1-13H2,(H2,15,18)(H,16,17)(H,19,20). The van der Waals surface area contributed by atoms with Crippen LogP contribution in [0.1, 0.15) is 77.0 Å². The summed E-state index contributed by atoms with van der Waals surface area (Å²) in [6.45, 7) is 0.860. The number of nitrogens with one attached hydrogen (secondary N) is 3. The molecule has 0 amide bonds. The van der Waals surface area contributed by atoms with Crippen LogP contribution in [-0.2, 0) is 4.79 Å². The molecular formula is C14H30N4O2. The second kappa shape index (κ2) is 15.9. The lowest BCUT2D eigenvalue weighted by Crippen LogP contribution is -2.26.